The molecule has 2 fully saturated rings. The Labute approximate surface area is 270 Å². The van der Waals surface area contributed by atoms with Crippen molar-refractivity contribution < 1.29 is 23.5 Å². The lowest BCUT2D eigenvalue weighted by Crippen LogP contribution is -2.61. The van der Waals surface area contributed by atoms with Gasteiger partial charge in [-0.25, -0.2) is 4.39 Å². The first-order valence-corrected chi connectivity index (χ1v) is 16.0. The molecule has 6 rings (SSSR count). The van der Waals surface area contributed by atoms with Gasteiger partial charge in [0.2, 0.25) is 5.91 Å². The summed E-state index contributed by atoms with van der Waals surface area (Å²) >= 11 is 9.63. The molecule has 1 saturated heterocycles. The van der Waals surface area contributed by atoms with Gasteiger partial charge < -0.3 is 24.6 Å². The molecule has 2 atom stereocenters. The van der Waals surface area contributed by atoms with Gasteiger partial charge in [-0.1, -0.05) is 35.9 Å². The molecule has 7 nitrogen and oxygen atoms in total. The Balaban J connectivity index is 1.23. The number of amides is 2. The Morgan fingerprint density at radius 1 is 1.05 bits per heavy atom. The van der Waals surface area contributed by atoms with Gasteiger partial charge in [-0.05, 0) is 88.3 Å². The molecule has 3 aliphatic rings. The molecule has 0 aromatic heterocycles. The molecule has 1 aliphatic carbocycles. The smallest absolute Gasteiger partial charge is 0.252 e. The number of hydrogen-bond donors (Lipinski definition) is 1. The summed E-state index contributed by atoms with van der Waals surface area (Å²) in [5.41, 5.74) is 3.69. The molecule has 1 N–H and O–H groups in total. The Morgan fingerprint density at radius 2 is 1.82 bits per heavy atom. The lowest BCUT2D eigenvalue weighted by atomic mass is 9.82. The number of carbonyl (C=O) groups excluding carboxylic acids is 2. The highest BCUT2D eigenvalue weighted by Gasteiger charge is 2.43. The minimum absolute atomic E-state index is 0.00446. The van der Waals surface area contributed by atoms with Crippen LogP contribution in [0.5, 0.6) is 11.5 Å². The molecule has 2 aliphatic heterocycles. The first-order valence-electron chi connectivity index (χ1n) is 14.9. The van der Waals surface area contributed by atoms with Crippen LogP contribution >= 0.6 is 27.5 Å². The Morgan fingerprint density at radius 3 is 2.55 bits per heavy atom. The number of nitrogens with one attached hydrogen (secondary N) is 1. The van der Waals surface area contributed by atoms with E-state index < -0.39 is 0 Å². The summed E-state index contributed by atoms with van der Waals surface area (Å²) < 4.78 is 25.8. The van der Waals surface area contributed by atoms with Crippen molar-refractivity contribution in [1.82, 2.24) is 15.1 Å². The molecule has 10 heteroatoms. The molecule has 3 aromatic rings. The highest BCUT2D eigenvalue weighted by Crippen LogP contribution is 2.38. The van der Waals surface area contributed by atoms with Crippen molar-refractivity contribution in [3.05, 3.63) is 98.7 Å². The number of benzene rings is 3. The van der Waals surface area contributed by atoms with Gasteiger partial charge in [0.15, 0.2) is 0 Å². The zero-order chi connectivity index (χ0) is 30.8. The normalized spacial score (nSPS) is 19.5. The van der Waals surface area contributed by atoms with Crippen molar-refractivity contribution in [2.24, 2.45) is 0 Å². The molecule has 230 valence electrons. The molecule has 44 heavy (non-hydrogen) atoms. The molecular weight excluding hydrogens is 649 g/mol. The summed E-state index contributed by atoms with van der Waals surface area (Å²) in [6.45, 7) is 3.66. The first-order chi connectivity index (χ1) is 21.2. The predicted octanol–water partition coefficient (Wildman–Crippen LogP) is 6.24. The number of nitrogens with zero attached hydrogens (tertiary/aromatic N) is 2. The Bertz CT molecular complexity index is 1580. The van der Waals surface area contributed by atoms with E-state index in [0.717, 1.165) is 35.1 Å². The number of ether oxygens (including phenoxy) is 2. The van der Waals surface area contributed by atoms with Gasteiger partial charge in [-0.3, -0.25) is 9.59 Å². The summed E-state index contributed by atoms with van der Waals surface area (Å²) in [6.07, 6.45) is 2.58. The van der Waals surface area contributed by atoms with Gasteiger partial charge >= 0.3 is 0 Å². The van der Waals surface area contributed by atoms with Crippen molar-refractivity contribution in [3.63, 3.8) is 0 Å². The van der Waals surface area contributed by atoms with Crippen molar-refractivity contribution in [1.29, 1.82) is 0 Å². The highest BCUT2D eigenvalue weighted by molar-refractivity contribution is 9.10. The summed E-state index contributed by atoms with van der Waals surface area (Å²) in [5, 5.41) is 4.28. The van der Waals surface area contributed by atoms with E-state index in [0.29, 0.717) is 47.0 Å². The molecule has 2 heterocycles. The van der Waals surface area contributed by atoms with Gasteiger partial charge in [0.1, 0.15) is 30.5 Å². The van der Waals surface area contributed by atoms with Crippen LogP contribution in [0.4, 0.5) is 4.39 Å². The molecule has 0 spiro atoms. The van der Waals surface area contributed by atoms with Crippen LogP contribution < -0.4 is 14.8 Å². The quantitative estimate of drug-likeness (QED) is 0.257. The van der Waals surface area contributed by atoms with E-state index in [-0.39, 0.29) is 49.0 Å². The number of piperazine rings is 1. The van der Waals surface area contributed by atoms with Crippen molar-refractivity contribution in [2.45, 2.75) is 50.9 Å². The lowest BCUT2D eigenvalue weighted by Gasteiger charge is -2.44. The highest BCUT2D eigenvalue weighted by atomic mass is 79.9. The van der Waals surface area contributed by atoms with Crippen molar-refractivity contribution in [3.8, 4) is 11.5 Å². The fraction of sp³-hybridized carbons (Fsp3) is 0.353. The average molecular weight is 683 g/mol. The zero-order valence-corrected chi connectivity index (χ0v) is 26.7. The molecule has 3 aromatic carbocycles. The molecule has 1 saturated carbocycles. The second kappa shape index (κ2) is 13.3. The topological polar surface area (TPSA) is 71.1 Å². The standard InChI is InChI=1S/C34H34BrClFN3O4/c1-21(41)39-19-26-17-29(23-5-10-28(11-6-23)43-13-14-44-32-16-25(37)7-12-30(32)35)33(31(20-39)38-26)34(42)40(27-8-9-27)18-22-3-2-4-24(36)15-22/h2-7,10-12,15-16,26-27,31,38H,8-9,13-14,17-20H2,1H3/t26-,31-/m1/s1. The van der Waals surface area contributed by atoms with Gasteiger partial charge in [-0.15, -0.1) is 0 Å². The molecule has 0 unspecified atom stereocenters. The Kier molecular flexibility index (Phi) is 9.26. The van der Waals surface area contributed by atoms with Gasteiger partial charge in [0.25, 0.3) is 5.91 Å². The third kappa shape index (κ3) is 7.11. The number of fused-ring (bicyclic) bond motifs is 2. The maximum Gasteiger partial charge on any atom is 0.252 e. The molecule has 0 radical (unpaired) electrons. The second-order valence-corrected chi connectivity index (χ2v) is 12.8. The maximum atomic E-state index is 14.5. The average Bonchev–Trinajstić information content (AvgIpc) is 3.85. The van der Waals surface area contributed by atoms with E-state index in [4.69, 9.17) is 21.1 Å². The number of hydrogen-bond acceptors (Lipinski definition) is 5. The molecular formula is C34H34BrClFN3O4. The largest absolute Gasteiger partial charge is 0.490 e. The lowest BCUT2D eigenvalue weighted by molar-refractivity contribution is -0.132. The van der Waals surface area contributed by atoms with Crippen LogP contribution in [0.2, 0.25) is 5.02 Å². The van der Waals surface area contributed by atoms with E-state index in [9.17, 15) is 14.0 Å². The van der Waals surface area contributed by atoms with E-state index >= 15 is 0 Å². The fourth-order valence-electron chi connectivity index (χ4n) is 6.02. The van der Waals surface area contributed by atoms with E-state index in [1.807, 2.05) is 58.3 Å². The minimum Gasteiger partial charge on any atom is -0.490 e. The molecule has 2 bridgehead atoms. The number of rotatable bonds is 10. The van der Waals surface area contributed by atoms with Gasteiger partial charge in [-0.2, -0.15) is 0 Å². The predicted molar refractivity (Wildman–Crippen MR) is 171 cm³/mol. The molecule has 2 amide bonds. The van der Waals surface area contributed by atoms with E-state index in [1.54, 1.807) is 13.0 Å². The van der Waals surface area contributed by atoms with Crippen LogP contribution in [-0.2, 0) is 16.1 Å². The van der Waals surface area contributed by atoms with Gasteiger partial charge in [0.05, 0.1) is 10.5 Å². The summed E-state index contributed by atoms with van der Waals surface area (Å²) in [7, 11) is 0. The number of halogens is 3. The SMILES string of the molecule is CC(=O)N1C[C@H]2CC(c3ccc(OCCOc4cc(F)ccc4Br)cc3)=C(C(=O)N(Cc3cccc(Cl)c3)C3CC3)[C@@H](C1)N2. The number of carbonyl (C=O) groups is 2. The minimum atomic E-state index is -0.368. The summed E-state index contributed by atoms with van der Waals surface area (Å²) in [4.78, 5) is 30.7. The fourth-order valence-corrected chi connectivity index (χ4v) is 6.59. The van der Waals surface area contributed by atoms with E-state index in [2.05, 4.69) is 21.2 Å². The van der Waals surface area contributed by atoms with Crippen LogP contribution in [0.25, 0.3) is 5.57 Å². The van der Waals surface area contributed by atoms with Crippen LogP contribution in [0, 0.1) is 5.82 Å². The third-order valence-corrected chi connectivity index (χ3v) is 9.17. The first kappa shape index (κ1) is 30.6. The van der Waals surface area contributed by atoms with Crippen molar-refractivity contribution >= 4 is 44.9 Å². The van der Waals surface area contributed by atoms with Crippen LogP contribution in [0.3, 0.4) is 0 Å². The van der Waals surface area contributed by atoms with Gasteiger partial charge in [0, 0.05) is 55.3 Å². The van der Waals surface area contributed by atoms with Crippen LogP contribution in [0.15, 0.2) is 76.8 Å². The van der Waals surface area contributed by atoms with Crippen molar-refractivity contribution in [2.75, 3.05) is 26.3 Å². The van der Waals surface area contributed by atoms with E-state index in [1.165, 1.54) is 12.1 Å². The van der Waals surface area contributed by atoms with Crippen LogP contribution in [0.1, 0.15) is 37.3 Å². The Hall–Kier alpha value is -3.40. The summed E-state index contributed by atoms with van der Waals surface area (Å²) in [6, 6.07) is 19.7. The zero-order valence-electron chi connectivity index (χ0n) is 24.4. The second-order valence-electron chi connectivity index (χ2n) is 11.5. The maximum absolute atomic E-state index is 14.5. The summed E-state index contributed by atoms with van der Waals surface area (Å²) in [5.74, 6) is 0.743. The third-order valence-electron chi connectivity index (χ3n) is 8.28. The van der Waals surface area contributed by atoms with Crippen LogP contribution in [-0.4, -0.2) is 66.0 Å². The monoisotopic (exact) mass is 681 g/mol.